The van der Waals surface area contributed by atoms with E-state index in [4.69, 9.17) is 0 Å². The Bertz CT molecular complexity index is 626. The van der Waals surface area contributed by atoms with Crippen LogP contribution in [-0.2, 0) is 9.59 Å². The van der Waals surface area contributed by atoms with Gasteiger partial charge in [0.2, 0.25) is 0 Å². The first-order chi connectivity index (χ1) is 9.75. The standard InChI is InChI=1S/C18H16O2/c19-17-13-7-1-2-8(5-7)14(13)18(20)16-10-4-3-9(15(16)17)11-6-12(10)11/h1-4,7-14H,5-6H2/t7-,8+,9-,10+,11+,12-,13-,14+. The summed E-state index contributed by atoms with van der Waals surface area (Å²) in [7, 11) is 0. The van der Waals surface area contributed by atoms with Crippen molar-refractivity contribution in [3.05, 3.63) is 35.5 Å². The van der Waals surface area contributed by atoms with Crippen molar-refractivity contribution in [3.8, 4) is 0 Å². The fourth-order valence-electron chi connectivity index (χ4n) is 6.06. The Morgan fingerprint density at radius 1 is 0.700 bits per heavy atom. The third-order valence-corrected chi connectivity index (χ3v) is 6.89. The Morgan fingerprint density at radius 3 is 1.70 bits per heavy atom. The minimum absolute atomic E-state index is 0.0128. The van der Waals surface area contributed by atoms with Crippen LogP contribution >= 0.6 is 0 Å². The molecule has 0 aromatic rings. The second kappa shape index (κ2) is 2.93. The van der Waals surface area contributed by atoms with Crippen molar-refractivity contribution in [2.24, 2.45) is 47.3 Å². The second-order valence-corrected chi connectivity index (χ2v) is 7.56. The van der Waals surface area contributed by atoms with Gasteiger partial charge < -0.3 is 0 Å². The molecule has 7 aliphatic rings. The number of carbonyl (C=O) groups is 2. The molecule has 7 rings (SSSR count). The van der Waals surface area contributed by atoms with Gasteiger partial charge >= 0.3 is 0 Å². The van der Waals surface area contributed by atoms with Crippen LogP contribution in [0.25, 0.3) is 0 Å². The van der Waals surface area contributed by atoms with E-state index in [0.29, 0.717) is 35.2 Å². The zero-order valence-corrected chi connectivity index (χ0v) is 11.2. The summed E-state index contributed by atoms with van der Waals surface area (Å²) in [4.78, 5) is 26.1. The van der Waals surface area contributed by atoms with Crippen molar-refractivity contribution < 1.29 is 9.59 Å². The maximum atomic E-state index is 13.1. The molecular formula is C18H16O2. The van der Waals surface area contributed by atoms with Crippen molar-refractivity contribution in [3.63, 3.8) is 0 Å². The highest BCUT2D eigenvalue weighted by atomic mass is 16.1. The van der Waals surface area contributed by atoms with Crippen LogP contribution in [0, 0.1) is 47.3 Å². The number of allylic oxidation sites excluding steroid dienone is 6. The topological polar surface area (TPSA) is 34.1 Å². The number of fused-ring (bicyclic) bond motifs is 5. The summed E-state index contributed by atoms with van der Waals surface area (Å²) in [6.45, 7) is 0. The summed E-state index contributed by atoms with van der Waals surface area (Å²) in [5.41, 5.74) is 1.90. The Kier molecular flexibility index (Phi) is 1.51. The predicted octanol–water partition coefficient (Wildman–Crippen LogP) is 2.33. The zero-order chi connectivity index (χ0) is 13.2. The first-order valence-electron chi connectivity index (χ1n) is 7.95. The van der Waals surface area contributed by atoms with Gasteiger partial charge in [-0.25, -0.2) is 0 Å². The van der Waals surface area contributed by atoms with Crippen LogP contribution in [0.3, 0.4) is 0 Å². The van der Waals surface area contributed by atoms with E-state index in [2.05, 4.69) is 24.3 Å². The molecule has 0 unspecified atom stereocenters. The van der Waals surface area contributed by atoms with Crippen LogP contribution in [0.1, 0.15) is 12.8 Å². The van der Waals surface area contributed by atoms with Gasteiger partial charge in [0.15, 0.2) is 11.6 Å². The highest BCUT2D eigenvalue weighted by Crippen LogP contribution is 2.65. The molecule has 0 N–H and O–H groups in total. The monoisotopic (exact) mass is 264 g/mol. The molecule has 2 nitrogen and oxygen atoms in total. The van der Waals surface area contributed by atoms with E-state index in [-0.39, 0.29) is 23.7 Å². The van der Waals surface area contributed by atoms with E-state index in [1.165, 1.54) is 6.42 Å². The van der Waals surface area contributed by atoms with Crippen LogP contribution in [0.5, 0.6) is 0 Å². The number of carbonyl (C=O) groups excluding carboxylic acids is 2. The van der Waals surface area contributed by atoms with Crippen LogP contribution in [-0.4, -0.2) is 11.6 Å². The normalized spacial score (nSPS) is 56.2. The van der Waals surface area contributed by atoms with Gasteiger partial charge in [0.25, 0.3) is 0 Å². The van der Waals surface area contributed by atoms with Gasteiger partial charge in [-0.1, -0.05) is 24.3 Å². The maximum absolute atomic E-state index is 13.1. The van der Waals surface area contributed by atoms with Crippen molar-refractivity contribution in [1.82, 2.24) is 0 Å². The summed E-state index contributed by atoms with van der Waals surface area (Å²) in [5, 5.41) is 0. The fourth-order valence-corrected chi connectivity index (χ4v) is 6.06. The molecule has 4 bridgehead atoms. The average Bonchev–Trinajstić information content (AvgIpc) is 3.06. The van der Waals surface area contributed by atoms with E-state index in [1.54, 1.807) is 0 Å². The molecule has 0 aromatic carbocycles. The van der Waals surface area contributed by atoms with Gasteiger partial charge in [-0.2, -0.15) is 0 Å². The lowest BCUT2D eigenvalue weighted by Crippen LogP contribution is -2.46. The van der Waals surface area contributed by atoms with Crippen molar-refractivity contribution >= 4 is 11.6 Å². The van der Waals surface area contributed by atoms with E-state index in [1.807, 2.05) is 0 Å². The molecule has 0 amide bonds. The summed E-state index contributed by atoms with van der Waals surface area (Å²) in [5.74, 6) is 3.24. The van der Waals surface area contributed by atoms with Gasteiger partial charge in [0.05, 0.1) is 0 Å². The van der Waals surface area contributed by atoms with Gasteiger partial charge in [-0.05, 0) is 36.5 Å². The van der Waals surface area contributed by atoms with Gasteiger partial charge in [-0.3, -0.25) is 9.59 Å². The van der Waals surface area contributed by atoms with E-state index in [9.17, 15) is 9.59 Å². The lowest BCUT2D eigenvalue weighted by Gasteiger charge is -2.42. The van der Waals surface area contributed by atoms with Crippen molar-refractivity contribution in [2.75, 3.05) is 0 Å². The second-order valence-electron chi connectivity index (χ2n) is 7.56. The molecule has 8 atom stereocenters. The quantitative estimate of drug-likeness (QED) is 0.629. The highest BCUT2D eigenvalue weighted by molar-refractivity contribution is 6.16. The molecule has 0 heterocycles. The number of ketones is 2. The average molecular weight is 264 g/mol. The molecule has 0 aromatic heterocycles. The maximum Gasteiger partial charge on any atom is 0.164 e. The van der Waals surface area contributed by atoms with E-state index in [0.717, 1.165) is 17.6 Å². The van der Waals surface area contributed by atoms with E-state index >= 15 is 0 Å². The molecule has 7 aliphatic carbocycles. The Balaban J connectivity index is 1.58. The first-order valence-corrected chi connectivity index (χ1v) is 7.95. The minimum Gasteiger partial charge on any atom is -0.294 e. The lowest BCUT2D eigenvalue weighted by atomic mass is 9.59. The molecule has 2 heteroatoms. The van der Waals surface area contributed by atoms with Crippen molar-refractivity contribution in [1.29, 1.82) is 0 Å². The van der Waals surface area contributed by atoms with Crippen LogP contribution in [0.4, 0.5) is 0 Å². The molecule has 0 aliphatic heterocycles. The highest BCUT2D eigenvalue weighted by Gasteiger charge is 2.63. The number of rotatable bonds is 0. The molecule has 20 heavy (non-hydrogen) atoms. The molecule has 100 valence electrons. The summed E-state index contributed by atoms with van der Waals surface area (Å²) < 4.78 is 0. The Hall–Kier alpha value is -1.44. The molecule has 0 spiro atoms. The van der Waals surface area contributed by atoms with Crippen LogP contribution in [0.15, 0.2) is 35.5 Å². The summed E-state index contributed by atoms with van der Waals surface area (Å²) >= 11 is 0. The number of hydrogen-bond acceptors (Lipinski definition) is 2. The van der Waals surface area contributed by atoms with Crippen LogP contribution < -0.4 is 0 Å². The van der Waals surface area contributed by atoms with Crippen LogP contribution in [0.2, 0.25) is 0 Å². The number of hydrogen-bond donors (Lipinski definition) is 0. The first kappa shape index (κ1) is 10.3. The predicted molar refractivity (Wildman–Crippen MR) is 72.5 cm³/mol. The summed E-state index contributed by atoms with van der Waals surface area (Å²) in [6, 6.07) is 0. The van der Waals surface area contributed by atoms with Gasteiger partial charge in [0, 0.05) is 34.8 Å². The largest absolute Gasteiger partial charge is 0.294 e. The van der Waals surface area contributed by atoms with E-state index < -0.39 is 0 Å². The molecule has 2 fully saturated rings. The van der Waals surface area contributed by atoms with Gasteiger partial charge in [-0.15, -0.1) is 0 Å². The zero-order valence-electron chi connectivity index (χ0n) is 11.2. The number of Topliss-reactive ketones (excluding diaryl/α,β-unsaturated/α-hetero) is 2. The molecular weight excluding hydrogens is 248 g/mol. The minimum atomic E-state index is -0.0128. The lowest BCUT2D eigenvalue weighted by molar-refractivity contribution is -0.132. The Labute approximate surface area is 117 Å². The SMILES string of the molecule is O=C1C2=C(C(=O)[C@H]3[C@@H]1[C@H]1C=C[C@@H]3C1)[C@@H]1C=C[C@H]2[C@H]2C[C@H]21. The van der Waals surface area contributed by atoms with Crippen molar-refractivity contribution in [2.45, 2.75) is 12.8 Å². The molecule has 2 saturated carbocycles. The smallest absolute Gasteiger partial charge is 0.164 e. The fraction of sp³-hybridized carbons (Fsp3) is 0.556. The third-order valence-electron chi connectivity index (χ3n) is 6.89. The Morgan fingerprint density at radius 2 is 1.20 bits per heavy atom. The third kappa shape index (κ3) is 0.905. The summed E-state index contributed by atoms with van der Waals surface area (Å²) in [6.07, 6.45) is 11.1. The molecule has 0 radical (unpaired) electrons. The van der Waals surface area contributed by atoms with Gasteiger partial charge in [0.1, 0.15) is 0 Å². The molecule has 0 saturated heterocycles.